The van der Waals surface area contributed by atoms with Crippen LogP contribution in [0.1, 0.15) is 19.4 Å². The summed E-state index contributed by atoms with van der Waals surface area (Å²) < 4.78 is 0. The molecule has 0 fully saturated rings. The van der Waals surface area contributed by atoms with E-state index in [-0.39, 0.29) is 6.15 Å². The largest absolute Gasteiger partial charge is 0.373 e. The molecule has 0 N–H and O–H groups in total. The number of benzene rings is 1. The van der Waals surface area contributed by atoms with Gasteiger partial charge in [0.1, 0.15) is 0 Å². The van der Waals surface area contributed by atoms with Gasteiger partial charge >= 0.3 is 6.15 Å². The highest BCUT2D eigenvalue weighted by molar-refractivity contribution is 5.20. The minimum atomic E-state index is 0.250. The molecule has 0 atom stereocenters. The Morgan fingerprint density at radius 2 is 1.62 bits per heavy atom. The summed E-state index contributed by atoms with van der Waals surface area (Å²) in [6, 6.07) is 10.6. The van der Waals surface area contributed by atoms with Gasteiger partial charge in [-0.15, -0.1) is 0 Å². The second-order valence-corrected chi connectivity index (χ2v) is 3.17. The zero-order valence-electron chi connectivity index (χ0n) is 7.99. The second kappa shape index (κ2) is 7.26. The highest BCUT2D eigenvalue weighted by Crippen LogP contribution is 2.05. The van der Waals surface area contributed by atoms with Crippen LogP contribution in [0, 0.1) is 5.92 Å². The summed E-state index contributed by atoms with van der Waals surface area (Å²) in [6.07, 6.45) is 1.45. The van der Waals surface area contributed by atoms with E-state index in [2.05, 4.69) is 44.2 Å². The molecule has 0 amide bonds. The Bertz CT molecular complexity index is 246. The molecule has 2 nitrogen and oxygen atoms in total. The van der Waals surface area contributed by atoms with Crippen molar-refractivity contribution in [2.24, 2.45) is 5.92 Å². The van der Waals surface area contributed by atoms with Crippen molar-refractivity contribution in [2.45, 2.75) is 20.3 Å². The van der Waals surface area contributed by atoms with E-state index in [0.717, 1.165) is 5.92 Å². The zero-order chi connectivity index (χ0) is 10.1. The molecule has 2 heteroatoms. The third-order valence-corrected chi connectivity index (χ3v) is 1.49. The molecule has 0 spiro atoms. The Balaban J connectivity index is 0.000000424. The standard InChI is InChI=1S/C10H14.CO2/c1-9(2)8-10-6-4-3-5-7-10;2-1-3/h3-7,9H,8H2,1-2H3;. The molecule has 0 aliphatic heterocycles. The second-order valence-electron chi connectivity index (χ2n) is 3.17. The van der Waals surface area contributed by atoms with E-state index in [1.807, 2.05) is 0 Å². The van der Waals surface area contributed by atoms with E-state index < -0.39 is 0 Å². The number of hydrogen-bond acceptors (Lipinski definition) is 2. The molecule has 0 saturated carbocycles. The Morgan fingerprint density at radius 3 is 2.00 bits per heavy atom. The summed E-state index contributed by atoms with van der Waals surface area (Å²) in [7, 11) is 0. The van der Waals surface area contributed by atoms with Crippen LogP contribution in [0.3, 0.4) is 0 Å². The predicted octanol–water partition coefficient (Wildman–Crippen LogP) is 2.30. The molecule has 0 aromatic heterocycles. The molecular weight excluding hydrogens is 164 g/mol. The lowest BCUT2D eigenvalue weighted by molar-refractivity contribution is -0.191. The summed E-state index contributed by atoms with van der Waals surface area (Å²) >= 11 is 0. The van der Waals surface area contributed by atoms with E-state index in [0.29, 0.717) is 0 Å². The van der Waals surface area contributed by atoms with E-state index in [1.165, 1.54) is 12.0 Å². The van der Waals surface area contributed by atoms with Gasteiger partial charge in [-0.1, -0.05) is 44.2 Å². The average molecular weight is 178 g/mol. The topological polar surface area (TPSA) is 34.1 Å². The van der Waals surface area contributed by atoms with Crippen LogP contribution in [0.5, 0.6) is 0 Å². The molecule has 70 valence electrons. The van der Waals surface area contributed by atoms with Crippen LogP contribution in [0.25, 0.3) is 0 Å². The van der Waals surface area contributed by atoms with E-state index >= 15 is 0 Å². The van der Waals surface area contributed by atoms with Crippen molar-refractivity contribution in [3.63, 3.8) is 0 Å². The highest BCUT2D eigenvalue weighted by Gasteiger charge is 1.94. The molecule has 1 aromatic carbocycles. The van der Waals surface area contributed by atoms with Crippen LogP contribution in [0.4, 0.5) is 0 Å². The van der Waals surface area contributed by atoms with Gasteiger partial charge in [0.25, 0.3) is 0 Å². The van der Waals surface area contributed by atoms with Crippen molar-refractivity contribution in [1.29, 1.82) is 0 Å². The molecule has 0 saturated heterocycles. The van der Waals surface area contributed by atoms with Crippen LogP contribution in [-0.4, -0.2) is 6.15 Å². The maximum Gasteiger partial charge on any atom is 0.373 e. The first-order valence-electron chi connectivity index (χ1n) is 4.24. The Labute approximate surface area is 78.6 Å². The summed E-state index contributed by atoms with van der Waals surface area (Å²) in [5, 5.41) is 0. The lowest BCUT2D eigenvalue weighted by Crippen LogP contribution is -1.92. The summed E-state index contributed by atoms with van der Waals surface area (Å²) in [5.41, 5.74) is 1.44. The van der Waals surface area contributed by atoms with E-state index in [4.69, 9.17) is 9.59 Å². The molecule has 0 heterocycles. The first kappa shape index (κ1) is 11.6. The zero-order valence-corrected chi connectivity index (χ0v) is 7.99. The lowest BCUT2D eigenvalue weighted by atomic mass is 10.0. The van der Waals surface area contributed by atoms with Crippen LogP contribution in [0.15, 0.2) is 30.3 Å². The molecule has 0 aliphatic rings. The summed E-state index contributed by atoms with van der Waals surface area (Å²) in [4.78, 5) is 16.2. The highest BCUT2D eigenvalue weighted by atomic mass is 16.2. The van der Waals surface area contributed by atoms with Gasteiger partial charge in [0.15, 0.2) is 0 Å². The Morgan fingerprint density at radius 1 is 1.15 bits per heavy atom. The van der Waals surface area contributed by atoms with E-state index in [9.17, 15) is 0 Å². The summed E-state index contributed by atoms with van der Waals surface area (Å²) in [5.74, 6) is 0.766. The van der Waals surface area contributed by atoms with Crippen LogP contribution >= 0.6 is 0 Å². The van der Waals surface area contributed by atoms with Crippen molar-refractivity contribution in [3.8, 4) is 0 Å². The van der Waals surface area contributed by atoms with Gasteiger partial charge in [0, 0.05) is 0 Å². The van der Waals surface area contributed by atoms with Crippen LogP contribution in [0.2, 0.25) is 0 Å². The molecule has 1 aromatic rings. The molecule has 1 rings (SSSR count). The van der Waals surface area contributed by atoms with E-state index in [1.54, 1.807) is 0 Å². The third-order valence-electron chi connectivity index (χ3n) is 1.49. The first-order chi connectivity index (χ1) is 6.20. The first-order valence-corrected chi connectivity index (χ1v) is 4.24. The molecule has 0 radical (unpaired) electrons. The minimum Gasteiger partial charge on any atom is -0.186 e. The van der Waals surface area contributed by atoms with Crippen molar-refractivity contribution < 1.29 is 9.59 Å². The number of rotatable bonds is 2. The monoisotopic (exact) mass is 178 g/mol. The van der Waals surface area contributed by atoms with Gasteiger partial charge < -0.3 is 0 Å². The van der Waals surface area contributed by atoms with Gasteiger partial charge in [0.05, 0.1) is 0 Å². The van der Waals surface area contributed by atoms with Crippen molar-refractivity contribution in [3.05, 3.63) is 35.9 Å². The fraction of sp³-hybridized carbons (Fsp3) is 0.364. The SMILES string of the molecule is CC(C)Cc1ccccc1.O=C=O. The fourth-order valence-corrected chi connectivity index (χ4v) is 1.09. The van der Waals surface area contributed by atoms with Crippen LogP contribution < -0.4 is 0 Å². The Hall–Kier alpha value is -1.40. The average Bonchev–Trinajstić information content (AvgIpc) is 2.06. The molecule has 13 heavy (non-hydrogen) atoms. The smallest absolute Gasteiger partial charge is 0.186 e. The lowest BCUT2D eigenvalue weighted by Gasteiger charge is -2.02. The number of hydrogen-bond donors (Lipinski definition) is 0. The van der Waals surface area contributed by atoms with Crippen molar-refractivity contribution in [1.82, 2.24) is 0 Å². The minimum absolute atomic E-state index is 0.250. The molecular formula is C11H14O2. The predicted molar refractivity (Wildman–Crippen MR) is 50.0 cm³/mol. The van der Waals surface area contributed by atoms with Crippen LogP contribution in [-0.2, 0) is 16.0 Å². The van der Waals surface area contributed by atoms with Gasteiger partial charge in [-0.05, 0) is 17.9 Å². The van der Waals surface area contributed by atoms with Crippen molar-refractivity contribution in [2.75, 3.05) is 0 Å². The quantitative estimate of drug-likeness (QED) is 0.696. The van der Waals surface area contributed by atoms with Gasteiger partial charge in [-0.3, -0.25) is 0 Å². The molecule has 0 unspecified atom stereocenters. The molecule has 0 aliphatic carbocycles. The maximum atomic E-state index is 8.12. The summed E-state index contributed by atoms with van der Waals surface area (Å²) in [6.45, 7) is 4.49. The molecule has 0 bridgehead atoms. The Kier molecular flexibility index (Phi) is 6.48. The van der Waals surface area contributed by atoms with Crippen molar-refractivity contribution >= 4 is 6.15 Å². The maximum absolute atomic E-state index is 8.12. The van der Waals surface area contributed by atoms with Gasteiger partial charge in [-0.2, -0.15) is 9.59 Å². The van der Waals surface area contributed by atoms with Gasteiger partial charge in [-0.25, -0.2) is 0 Å². The van der Waals surface area contributed by atoms with Gasteiger partial charge in [0.2, 0.25) is 0 Å². The fourth-order valence-electron chi connectivity index (χ4n) is 1.09. The third kappa shape index (κ3) is 6.98. The normalized spacial score (nSPS) is 8.54. The number of carbonyl (C=O) groups excluding carboxylic acids is 2.